The van der Waals surface area contributed by atoms with Crippen molar-refractivity contribution in [1.82, 2.24) is 21.7 Å². The maximum Gasteiger partial charge on any atom is 0.284 e. The van der Waals surface area contributed by atoms with Crippen LogP contribution in [0.5, 0.6) is 0 Å². The Morgan fingerprint density at radius 1 is 0.818 bits per heavy atom. The Hall–Kier alpha value is -3.72. The fourth-order valence-electron chi connectivity index (χ4n) is 0.845. The molecule has 0 bridgehead atoms. The van der Waals surface area contributed by atoms with Crippen molar-refractivity contribution in [3.05, 3.63) is 20.2 Å². The third-order valence-corrected chi connectivity index (χ3v) is 1.62. The zero-order valence-corrected chi connectivity index (χ0v) is 10.8. The molecule has 16 heteroatoms. The molecule has 0 saturated heterocycles. The molecule has 0 aromatic carbocycles. The molecule has 0 rings (SSSR count). The molecule has 0 aliphatic rings. The number of carbonyl (C=O) groups excluding carboxylic acids is 2. The standard InChI is InChI=1S/C6H12N10O6/c7-5(13-15(19)20)11-9-3(17)1-2-4(18)10-12-6(8)14-16(21)22/h1-2H2,(H,9,17)(H,10,18)(H3,7,11,13)(H3,8,12,14). The number of nitro groups is 2. The van der Waals surface area contributed by atoms with Gasteiger partial charge in [0.15, 0.2) is 10.1 Å². The van der Waals surface area contributed by atoms with E-state index in [1.807, 2.05) is 21.7 Å². The van der Waals surface area contributed by atoms with Crippen LogP contribution in [0.3, 0.4) is 0 Å². The molecule has 0 spiro atoms. The van der Waals surface area contributed by atoms with Gasteiger partial charge in [-0.1, -0.05) is 0 Å². The average molecular weight is 320 g/mol. The van der Waals surface area contributed by atoms with Gasteiger partial charge in [0.25, 0.3) is 11.9 Å². The molecule has 8 N–H and O–H groups in total. The van der Waals surface area contributed by atoms with Crippen molar-refractivity contribution in [3.8, 4) is 0 Å². The lowest BCUT2D eigenvalue weighted by Crippen LogP contribution is -2.47. The second kappa shape index (κ2) is 9.23. The van der Waals surface area contributed by atoms with Gasteiger partial charge in [-0.25, -0.2) is 20.2 Å². The smallest absolute Gasteiger partial charge is 0.284 e. The lowest BCUT2D eigenvalue weighted by atomic mass is 10.3. The number of hydrazine groups is 2. The van der Waals surface area contributed by atoms with E-state index in [0.717, 1.165) is 0 Å². The number of nitrogens with two attached hydrogens (primary N) is 2. The average Bonchev–Trinajstić information content (AvgIpc) is 2.39. The van der Waals surface area contributed by atoms with Gasteiger partial charge in [0.1, 0.15) is 10.2 Å². The van der Waals surface area contributed by atoms with Gasteiger partial charge >= 0.3 is 0 Å². The molecular weight excluding hydrogens is 308 g/mol. The van der Waals surface area contributed by atoms with Crippen LogP contribution in [0.1, 0.15) is 12.8 Å². The minimum atomic E-state index is -1.08. The number of hydrazone groups is 2. The van der Waals surface area contributed by atoms with Crippen molar-refractivity contribution in [1.29, 1.82) is 0 Å². The van der Waals surface area contributed by atoms with Crippen LogP contribution in [0, 0.1) is 20.2 Å². The van der Waals surface area contributed by atoms with Crippen LogP contribution >= 0.6 is 0 Å². The van der Waals surface area contributed by atoms with Gasteiger partial charge in [0.05, 0.1) is 0 Å². The Morgan fingerprint density at radius 2 is 1.14 bits per heavy atom. The number of nitrogens with zero attached hydrogens (tertiary/aromatic N) is 4. The van der Waals surface area contributed by atoms with Crippen molar-refractivity contribution >= 4 is 23.7 Å². The quantitative estimate of drug-likeness (QED) is 0.124. The Morgan fingerprint density at radius 3 is 1.41 bits per heavy atom. The molecule has 0 fully saturated rings. The van der Waals surface area contributed by atoms with E-state index >= 15 is 0 Å². The monoisotopic (exact) mass is 320 g/mol. The third-order valence-electron chi connectivity index (χ3n) is 1.62. The molecule has 16 nitrogen and oxygen atoms in total. The molecule has 0 aliphatic heterocycles. The van der Waals surface area contributed by atoms with Crippen LogP contribution in [0.15, 0.2) is 10.2 Å². The summed E-state index contributed by atoms with van der Waals surface area (Å²) < 4.78 is 0. The molecule has 0 saturated carbocycles. The maximum atomic E-state index is 11.2. The Balaban J connectivity index is 3.98. The van der Waals surface area contributed by atoms with E-state index in [1.165, 1.54) is 0 Å². The highest BCUT2D eigenvalue weighted by Gasteiger charge is 2.08. The number of carbonyl (C=O) groups is 2. The third kappa shape index (κ3) is 10.2. The van der Waals surface area contributed by atoms with Crippen molar-refractivity contribution in [2.24, 2.45) is 21.7 Å². The Kier molecular flexibility index (Phi) is 7.67. The van der Waals surface area contributed by atoms with E-state index in [9.17, 15) is 29.8 Å². The number of hydrogen-bond acceptors (Lipinski definition) is 6. The van der Waals surface area contributed by atoms with Crippen LogP contribution in [-0.2, 0) is 9.59 Å². The summed E-state index contributed by atoms with van der Waals surface area (Å²) in [4.78, 5) is 42.3. The van der Waals surface area contributed by atoms with Crippen LogP contribution < -0.4 is 33.2 Å². The second-order valence-electron chi connectivity index (χ2n) is 3.29. The molecule has 0 atom stereocenters. The molecule has 0 aromatic heterocycles. The zero-order valence-electron chi connectivity index (χ0n) is 10.8. The molecule has 22 heavy (non-hydrogen) atoms. The fraction of sp³-hybridized carbons (Fsp3) is 0.333. The van der Waals surface area contributed by atoms with E-state index in [0.29, 0.717) is 0 Å². The number of guanidine groups is 2. The molecular formula is C6H12N10O6. The molecule has 0 radical (unpaired) electrons. The predicted octanol–water partition coefficient (Wildman–Crippen LogP) is -3.98. The molecule has 0 heterocycles. The number of hydrogen-bond donors (Lipinski definition) is 6. The molecule has 0 aliphatic carbocycles. The van der Waals surface area contributed by atoms with Crippen LogP contribution in [-0.4, -0.2) is 33.8 Å². The normalized spacial score (nSPS) is 11.3. The molecule has 0 aromatic rings. The number of nitrogens with one attached hydrogen (secondary N) is 4. The summed E-state index contributed by atoms with van der Waals surface area (Å²) in [7, 11) is 0. The summed E-state index contributed by atoms with van der Waals surface area (Å²) in [6.07, 6.45) is -0.642. The first kappa shape index (κ1) is 18.3. The first-order chi connectivity index (χ1) is 10.2. The van der Waals surface area contributed by atoms with E-state index in [2.05, 4.69) is 10.2 Å². The molecule has 2 amide bonds. The van der Waals surface area contributed by atoms with Crippen molar-refractivity contribution < 1.29 is 19.7 Å². The van der Waals surface area contributed by atoms with Crippen molar-refractivity contribution in [2.75, 3.05) is 0 Å². The lowest BCUT2D eigenvalue weighted by molar-refractivity contribution is -0.485. The minimum Gasteiger partial charge on any atom is -0.363 e. The lowest BCUT2D eigenvalue weighted by Gasteiger charge is -2.07. The van der Waals surface area contributed by atoms with E-state index < -0.39 is 33.8 Å². The molecule has 0 unspecified atom stereocenters. The number of amides is 2. The Bertz CT molecular complexity index is 468. The van der Waals surface area contributed by atoms with Gasteiger partial charge in [-0.3, -0.25) is 31.3 Å². The van der Waals surface area contributed by atoms with E-state index in [1.54, 1.807) is 0 Å². The van der Waals surface area contributed by atoms with Gasteiger partial charge in [0.2, 0.25) is 11.8 Å². The van der Waals surface area contributed by atoms with Crippen molar-refractivity contribution in [2.45, 2.75) is 12.8 Å². The first-order valence-corrected chi connectivity index (χ1v) is 5.27. The number of rotatable bonds is 5. The second-order valence-corrected chi connectivity index (χ2v) is 3.29. The van der Waals surface area contributed by atoms with Crippen LogP contribution in [0.25, 0.3) is 0 Å². The van der Waals surface area contributed by atoms with Gasteiger partial charge in [-0.05, 0) is 0 Å². The van der Waals surface area contributed by atoms with Crippen LogP contribution in [0.2, 0.25) is 0 Å². The maximum absolute atomic E-state index is 11.2. The van der Waals surface area contributed by atoms with Gasteiger partial charge < -0.3 is 11.5 Å². The van der Waals surface area contributed by atoms with Gasteiger partial charge in [-0.2, -0.15) is 0 Å². The zero-order chi connectivity index (χ0) is 17.1. The van der Waals surface area contributed by atoms with E-state index in [4.69, 9.17) is 11.5 Å². The minimum absolute atomic E-state index is 0.321. The van der Waals surface area contributed by atoms with Crippen LogP contribution in [0.4, 0.5) is 0 Å². The largest absolute Gasteiger partial charge is 0.363 e. The topological polar surface area (TPSA) is 245 Å². The van der Waals surface area contributed by atoms with Gasteiger partial charge in [0, 0.05) is 12.8 Å². The predicted molar refractivity (Wildman–Crippen MR) is 69.0 cm³/mol. The highest BCUT2D eigenvalue weighted by molar-refractivity contribution is 5.87. The fourth-order valence-corrected chi connectivity index (χ4v) is 0.845. The summed E-state index contributed by atoms with van der Waals surface area (Å²) in [5.74, 6) is -2.76. The van der Waals surface area contributed by atoms with E-state index in [-0.39, 0.29) is 12.8 Å². The molecule has 122 valence electrons. The summed E-state index contributed by atoms with van der Waals surface area (Å²) in [6, 6.07) is 0. The first-order valence-electron chi connectivity index (χ1n) is 5.27. The summed E-state index contributed by atoms with van der Waals surface area (Å²) in [5, 5.41) is 23.0. The Labute approximate surface area is 121 Å². The van der Waals surface area contributed by atoms with Gasteiger partial charge in [-0.15, -0.1) is 0 Å². The van der Waals surface area contributed by atoms with Crippen molar-refractivity contribution in [3.63, 3.8) is 0 Å². The summed E-state index contributed by atoms with van der Waals surface area (Å²) >= 11 is 0. The summed E-state index contributed by atoms with van der Waals surface area (Å²) in [5.41, 5.74) is 17.8. The summed E-state index contributed by atoms with van der Waals surface area (Å²) in [6.45, 7) is 0. The highest BCUT2D eigenvalue weighted by atomic mass is 16.7. The highest BCUT2D eigenvalue weighted by Crippen LogP contribution is 1.87. The SMILES string of the molecule is NC(=N[N+](=O)[O-])NNC(=O)CCC(=O)NNC(N)=N[N+](=O)[O-].